The highest BCUT2D eigenvalue weighted by atomic mass is 79.9. The Morgan fingerprint density at radius 3 is 2.65 bits per heavy atom. The van der Waals surface area contributed by atoms with Crippen LogP contribution in [0.15, 0.2) is 23.2 Å². The van der Waals surface area contributed by atoms with Gasteiger partial charge in [-0.05, 0) is 58.8 Å². The van der Waals surface area contributed by atoms with Gasteiger partial charge in [0.15, 0.2) is 17.0 Å². The minimum absolute atomic E-state index is 0.169. The number of likely N-dealkylation sites (N-methyl/N-ethyl adjacent to an activating group) is 1. The zero-order chi connectivity index (χ0) is 22.9. The average Bonchev–Trinajstić information content (AvgIpc) is 3.03. The standard InChI is InChI=1S/C22H31BrClN5O2/c1-13(2)8-9-28-20(30)18-19(27(5)22(28)31)26-21(23)29(18)12-14(3)11-25-17-10-16(24)7-6-15(17)4/h6-7,10,13-14,18-19,25H,8-9,11-12H2,1-5H3. The van der Waals surface area contributed by atoms with Crippen LogP contribution in [0.2, 0.25) is 5.02 Å². The lowest BCUT2D eigenvalue weighted by molar-refractivity contribution is -0.137. The quantitative estimate of drug-likeness (QED) is 0.524. The first kappa shape index (κ1) is 23.9. The van der Waals surface area contributed by atoms with Crippen LogP contribution in [-0.2, 0) is 4.79 Å². The summed E-state index contributed by atoms with van der Waals surface area (Å²) in [5.41, 5.74) is 2.13. The summed E-state index contributed by atoms with van der Waals surface area (Å²) < 4.78 is 0.618. The number of anilines is 1. The van der Waals surface area contributed by atoms with E-state index >= 15 is 0 Å². The number of carbonyl (C=O) groups is 2. The third kappa shape index (κ3) is 5.17. The van der Waals surface area contributed by atoms with Gasteiger partial charge in [0.25, 0.3) is 5.91 Å². The van der Waals surface area contributed by atoms with Crippen LogP contribution < -0.4 is 5.32 Å². The van der Waals surface area contributed by atoms with E-state index < -0.39 is 12.2 Å². The Hall–Kier alpha value is -1.80. The van der Waals surface area contributed by atoms with Gasteiger partial charge < -0.3 is 15.1 Å². The summed E-state index contributed by atoms with van der Waals surface area (Å²) in [5.74, 6) is 0.463. The third-order valence-corrected chi connectivity index (χ3v) is 6.72. The van der Waals surface area contributed by atoms with Crippen molar-refractivity contribution in [2.45, 2.75) is 46.3 Å². The van der Waals surface area contributed by atoms with Crippen molar-refractivity contribution < 1.29 is 9.59 Å². The molecule has 0 saturated carbocycles. The highest BCUT2D eigenvalue weighted by Crippen LogP contribution is 2.30. The van der Waals surface area contributed by atoms with Crippen LogP contribution in [0.3, 0.4) is 0 Å². The molecule has 0 radical (unpaired) electrons. The minimum Gasteiger partial charge on any atom is -0.384 e. The first-order valence-corrected chi connectivity index (χ1v) is 11.8. The topological polar surface area (TPSA) is 68.2 Å². The zero-order valence-electron chi connectivity index (χ0n) is 18.7. The Labute approximate surface area is 197 Å². The second-order valence-electron chi connectivity index (χ2n) is 8.92. The fourth-order valence-electron chi connectivity index (χ4n) is 3.90. The molecule has 3 unspecified atom stereocenters. The molecule has 1 aromatic carbocycles. The molecule has 1 fully saturated rings. The monoisotopic (exact) mass is 511 g/mol. The van der Waals surface area contributed by atoms with E-state index in [0.717, 1.165) is 24.2 Å². The van der Waals surface area contributed by atoms with Gasteiger partial charge in [0.05, 0.1) is 0 Å². The van der Waals surface area contributed by atoms with Gasteiger partial charge in [-0.25, -0.2) is 9.79 Å². The van der Waals surface area contributed by atoms with Gasteiger partial charge in [0, 0.05) is 37.4 Å². The summed E-state index contributed by atoms with van der Waals surface area (Å²) in [5, 5.41) is 4.15. The summed E-state index contributed by atoms with van der Waals surface area (Å²) in [7, 11) is 1.72. The lowest BCUT2D eigenvalue weighted by Crippen LogP contribution is -2.65. The van der Waals surface area contributed by atoms with Gasteiger partial charge in [-0.2, -0.15) is 0 Å². The molecule has 2 aliphatic heterocycles. The molecule has 0 spiro atoms. The number of rotatable bonds is 8. The van der Waals surface area contributed by atoms with Crippen LogP contribution in [0.25, 0.3) is 0 Å². The van der Waals surface area contributed by atoms with Crippen LogP contribution >= 0.6 is 27.5 Å². The smallest absolute Gasteiger partial charge is 0.328 e. The number of benzene rings is 1. The molecular formula is C22H31BrClN5O2. The number of urea groups is 1. The molecule has 1 N–H and O–H groups in total. The molecule has 3 amide bonds. The van der Waals surface area contributed by atoms with Gasteiger partial charge in [0.2, 0.25) is 0 Å². The predicted molar refractivity (Wildman–Crippen MR) is 129 cm³/mol. The third-order valence-electron chi connectivity index (χ3n) is 5.82. The number of hydrogen-bond acceptors (Lipinski definition) is 5. The normalized spacial score (nSPS) is 22.2. The van der Waals surface area contributed by atoms with Crippen molar-refractivity contribution in [3.63, 3.8) is 0 Å². The number of amidine groups is 1. The van der Waals surface area contributed by atoms with E-state index in [2.05, 4.69) is 47.0 Å². The number of imide groups is 1. The molecular weight excluding hydrogens is 482 g/mol. The van der Waals surface area contributed by atoms with Crippen molar-refractivity contribution >= 4 is 49.9 Å². The molecule has 170 valence electrons. The second kappa shape index (κ2) is 9.77. The lowest BCUT2D eigenvalue weighted by Gasteiger charge is -2.42. The van der Waals surface area contributed by atoms with E-state index in [9.17, 15) is 9.59 Å². The number of aryl methyl sites for hydroxylation is 1. The number of halogens is 2. The molecule has 3 rings (SSSR count). The molecule has 1 saturated heterocycles. The fraction of sp³-hybridized carbons (Fsp3) is 0.591. The van der Waals surface area contributed by atoms with E-state index in [0.29, 0.717) is 28.8 Å². The Bertz CT molecular complexity index is 877. The highest BCUT2D eigenvalue weighted by Gasteiger charge is 2.51. The van der Waals surface area contributed by atoms with Gasteiger partial charge in [-0.3, -0.25) is 9.69 Å². The Balaban J connectivity index is 1.69. The largest absolute Gasteiger partial charge is 0.384 e. The van der Waals surface area contributed by atoms with Crippen molar-refractivity contribution in [2.24, 2.45) is 16.8 Å². The number of aliphatic imine (C=N–C) groups is 1. The van der Waals surface area contributed by atoms with E-state index in [1.54, 1.807) is 11.9 Å². The highest BCUT2D eigenvalue weighted by molar-refractivity contribution is 9.18. The Morgan fingerprint density at radius 2 is 1.97 bits per heavy atom. The Morgan fingerprint density at radius 1 is 1.26 bits per heavy atom. The zero-order valence-corrected chi connectivity index (χ0v) is 21.1. The molecule has 7 nitrogen and oxygen atoms in total. The van der Waals surface area contributed by atoms with Gasteiger partial charge in [-0.15, -0.1) is 0 Å². The van der Waals surface area contributed by atoms with E-state index in [4.69, 9.17) is 11.6 Å². The second-order valence-corrected chi connectivity index (χ2v) is 10.1. The summed E-state index contributed by atoms with van der Waals surface area (Å²) in [6, 6.07) is 5.01. The molecule has 31 heavy (non-hydrogen) atoms. The molecule has 9 heteroatoms. The molecule has 0 aromatic heterocycles. The molecule has 0 aliphatic carbocycles. The molecule has 2 heterocycles. The van der Waals surface area contributed by atoms with Crippen LogP contribution in [0.4, 0.5) is 10.5 Å². The van der Waals surface area contributed by atoms with E-state index in [1.807, 2.05) is 30.0 Å². The van der Waals surface area contributed by atoms with Gasteiger partial charge in [0.1, 0.15) is 0 Å². The molecule has 2 aliphatic rings. The number of carbonyl (C=O) groups excluding carboxylic acids is 2. The van der Waals surface area contributed by atoms with Crippen LogP contribution in [0.5, 0.6) is 0 Å². The lowest BCUT2D eigenvalue weighted by atomic mass is 10.0. The number of amides is 3. The number of nitrogens with zero attached hydrogens (tertiary/aromatic N) is 4. The van der Waals surface area contributed by atoms with Crippen molar-refractivity contribution in [3.8, 4) is 0 Å². The average molecular weight is 513 g/mol. The minimum atomic E-state index is -0.500. The number of nitrogens with one attached hydrogen (secondary N) is 1. The number of hydrogen-bond donors (Lipinski definition) is 1. The maximum Gasteiger partial charge on any atom is 0.328 e. The van der Waals surface area contributed by atoms with Crippen LogP contribution in [0, 0.1) is 18.8 Å². The van der Waals surface area contributed by atoms with Crippen LogP contribution in [-0.4, -0.2) is 70.3 Å². The van der Waals surface area contributed by atoms with Crippen molar-refractivity contribution in [2.75, 3.05) is 32.0 Å². The van der Waals surface area contributed by atoms with Gasteiger partial charge in [-0.1, -0.05) is 38.4 Å². The maximum atomic E-state index is 13.3. The van der Waals surface area contributed by atoms with Crippen molar-refractivity contribution in [1.29, 1.82) is 0 Å². The molecule has 3 atom stereocenters. The van der Waals surface area contributed by atoms with Gasteiger partial charge >= 0.3 is 6.03 Å². The maximum absolute atomic E-state index is 13.3. The summed E-state index contributed by atoms with van der Waals surface area (Å²) in [6.07, 6.45) is 0.282. The van der Waals surface area contributed by atoms with Crippen molar-refractivity contribution in [1.82, 2.24) is 14.7 Å². The Kier molecular flexibility index (Phi) is 7.52. The van der Waals surface area contributed by atoms with E-state index in [1.165, 1.54) is 4.90 Å². The molecule has 0 bridgehead atoms. The first-order chi connectivity index (χ1) is 14.6. The first-order valence-electron chi connectivity index (χ1n) is 10.7. The predicted octanol–water partition coefficient (Wildman–Crippen LogP) is 4.40. The van der Waals surface area contributed by atoms with E-state index in [-0.39, 0.29) is 17.9 Å². The summed E-state index contributed by atoms with van der Waals surface area (Å²) in [4.78, 5) is 35.6. The summed E-state index contributed by atoms with van der Waals surface area (Å²) in [6.45, 7) is 10.1. The summed E-state index contributed by atoms with van der Waals surface area (Å²) >= 11 is 9.65. The van der Waals surface area contributed by atoms with Crippen molar-refractivity contribution in [3.05, 3.63) is 28.8 Å². The van der Waals surface area contributed by atoms with Crippen LogP contribution in [0.1, 0.15) is 32.8 Å². The fourth-order valence-corrected chi connectivity index (χ4v) is 4.64. The SMILES string of the molecule is Cc1ccc(Cl)cc1NCC(C)CN1C(Br)=NC2C1C(=O)N(CCC(C)C)C(=O)N2C. The number of fused-ring (bicyclic) bond motifs is 1. The molecule has 1 aromatic rings.